The summed E-state index contributed by atoms with van der Waals surface area (Å²) >= 11 is 0. The highest BCUT2D eigenvalue weighted by molar-refractivity contribution is 6.21. The molecule has 0 amide bonds. The Labute approximate surface area is 251 Å². The van der Waals surface area contributed by atoms with E-state index in [9.17, 15) is 0 Å². The number of nitrogens with zero attached hydrogens (tertiary/aromatic N) is 2. The molecule has 0 aliphatic carbocycles. The van der Waals surface area contributed by atoms with Gasteiger partial charge < -0.3 is 0 Å². The van der Waals surface area contributed by atoms with Crippen molar-refractivity contribution in [3.8, 4) is 44.6 Å². The van der Waals surface area contributed by atoms with Gasteiger partial charge in [-0.3, -0.25) is 9.97 Å². The number of rotatable bonds is 4. The van der Waals surface area contributed by atoms with Crippen LogP contribution in [0.2, 0.25) is 0 Å². The molecular weight excluding hydrogens is 520 g/mol. The maximum Gasteiger partial charge on any atom is 0.0702 e. The van der Waals surface area contributed by atoms with Crippen molar-refractivity contribution in [2.24, 2.45) is 0 Å². The first-order valence-electron chi connectivity index (χ1n) is 14.6. The average molecular weight is 549 g/mol. The van der Waals surface area contributed by atoms with Gasteiger partial charge in [0.15, 0.2) is 0 Å². The van der Waals surface area contributed by atoms with Crippen LogP contribution in [0, 0.1) is 6.92 Å². The minimum atomic E-state index is 0.955. The highest BCUT2D eigenvalue weighted by atomic mass is 14.7. The standard InChI is InChI=1S/C41H28N2/c1-27-13-14-28-15-16-32(25-34(28)23-27)41-37-11-4-2-9-35(37)40(36-10-3-5-12-38(36)41)31-8-6-7-30(24-31)39-18-17-33(26-43-39)29-19-21-42-22-20-29/h2-26H,1H3. The van der Waals surface area contributed by atoms with Crippen molar-refractivity contribution in [3.63, 3.8) is 0 Å². The fourth-order valence-electron chi connectivity index (χ4n) is 6.39. The fraction of sp³-hybridized carbons (Fsp3) is 0.0244. The van der Waals surface area contributed by atoms with Gasteiger partial charge in [0.25, 0.3) is 0 Å². The summed E-state index contributed by atoms with van der Waals surface area (Å²) in [7, 11) is 0. The maximum atomic E-state index is 4.85. The van der Waals surface area contributed by atoms with Gasteiger partial charge >= 0.3 is 0 Å². The normalized spacial score (nSPS) is 11.4. The number of pyridine rings is 2. The van der Waals surface area contributed by atoms with Crippen LogP contribution in [0.15, 0.2) is 152 Å². The van der Waals surface area contributed by atoms with E-state index in [-0.39, 0.29) is 0 Å². The van der Waals surface area contributed by atoms with E-state index in [0.717, 1.165) is 22.4 Å². The van der Waals surface area contributed by atoms with Gasteiger partial charge in [-0.05, 0) is 97.4 Å². The highest BCUT2D eigenvalue weighted by Crippen LogP contribution is 2.44. The van der Waals surface area contributed by atoms with Gasteiger partial charge in [-0.1, -0.05) is 109 Å². The molecule has 0 aliphatic rings. The first kappa shape index (κ1) is 25.1. The lowest BCUT2D eigenvalue weighted by Gasteiger charge is -2.18. The van der Waals surface area contributed by atoms with Gasteiger partial charge in [0.2, 0.25) is 0 Å². The fourth-order valence-corrected chi connectivity index (χ4v) is 6.39. The van der Waals surface area contributed by atoms with E-state index in [1.54, 1.807) is 0 Å². The predicted molar refractivity (Wildman–Crippen MR) is 181 cm³/mol. The third kappa shape index (κ3) is 4.45. The van der Waals surface area contributed by atoms with Gasteiger partial charge in [-0.25, -0.2) is 0 Å². The minimum absolute atomic E-state index is 0.955. The van der Waals surface area contributed by atoms with Gasteiger partial charge in [0, 0.05) is 29.7 Å². The Balaban J connectivity index is 1.32. The van der Waals surface area contributed by atoms with E-state index in [1.165, 1.54) is 60.1 Å². The van der Waals surface area contributed by atoms with Crippen molar-refractivity contribution < 1.29 is 0 Å². The molecule has 43 heavy (non-hydrogen) atoms. The molecule has 6 aromatic carbocycles. The molecule has 0 bridgehead atoms. The summed E-state index contributed by atoms with van der Waals surface area (Å²) < 4.78 is 0. The van der Waals surface area contributed by atoms with Crippen molar-refractivity contribution in [3.05, 3.63) is 158 Å². The number of fused-ring (bicyclic) bond motifs is 3. The predicted octanol–water partition coefficient (Wildman–Crippen LogP) is 10.9. The zero-order chi connectivity index (χ0) is 28.8. The topological polar surface area (TPSA) is 25.8 Å². The molecule has 0 fully saturated rings. The van der Waals surface area contributed by atoms with Crippen molar-refractivity contribution in [1.29, 1.82) is 0 Å². The Morgan fingerprint density at radius 2 is 1.02 bits per heavy atom. The van der Waals surface area contributed by atoms with Crippen LogP contribution in [-0.2, 0) is 0 Å². The number of aryl methyl sites for hydroxylation is 1. The molecule has 2 heteroatoms. The largest absolute Gasteiger partial charge is 0.265 e. The molecule has 0 N–H and O–H groups in total. The summed E-state index contributed by atoms with van der Waals surface area (Å²) in [6.07, 6.45) is 5.57. The van der Waals surface area contributed by atoms with E-state index >= 15 is 0 Å². The lowest BCUT2D eigenvalue weighted by Crippen LogP contribution is -1.92. The van der Waals surface area contributed by atoms with E-state index < -0.39 is 0 Å². The van der Waals surface area contributed by atoms with Crippen LogP contribution >= 0.6 is 0 Å². The smallest absolute Gasteiger partial charge is 0.0702 e. The average Bonchev–Trinajstić information content (AvgIpc) is 3.07. The Kier molecular flexibility index (Phi) is 6.05. The molecule has 0 saturated carbocycles. The van der Waals surface area contributed by atoms with Gasteiger partial charge in [-0.15, -0.1) is 0 Å². The summed E-state index contributed by atoms with van der Waals surface area (Å²) in [5.41, 5.74) is 10.5. The molecule has 0 radical (unpaired) electrons. The van der Waals surface area contributed by atoms with Crippen LogP contribution in [0.1, 0.15) is 5.56 Å². The third-order valence-corrected chi connectivity index (χ3v) is 8.44. The Morgan fingerprint density at radius 3 is 1.67 bits per heavy atom. The molecule has 2 nitrogen and oxygen atoms in total. The van der Waals surface area contributed by atoms with Crippen molar-refractivity contribution in [2.75, 3.05) is 0 Å². The van der Waals surface area contributed by atoms with Crippen LogP contribution in [-0.4, -0.2) is 9.97 Å². The molecule has 0 saturated heterocycles. The Hall–Kier alpha value is -5.60. The van der Waals surface area contributed by atoms with E-state index in [0.29, 0.717) is 0 Å². The second-order valence-electron chi connectivity index (χ2n) is 11.2. The number of benzene rings is 6. The maximum absolute atomic E-state index is 4.85. The highest BCUT2D eigenvalue weighted by Gasteiger charge is 2.17. The first-order chi connectivity index (χ1) is 21.2. The summed E-state index contributed by atoms with van der Waals surface area (Å²) in [5.74, 6) is 0. The molecule has 0 atom stereocenters. The van der Waals surface area contributed by atoms with Crippen molar-refractivity contribution >= 4 is 32.3 Å². The second kappa shape index (κ2) is 10.3. The monoisotopic (exact) mass is 548 g/mol. The molecule has 2 aromatic heterocycles. The summed E-state index contributed by atoms with van der Waals surface area (Å²) in [5, 5.41) is 7.54. The summed E-state index contributed by atoms with van der Waals surface area (Å²) in [4.78, 5) is 8.98. The second-order valence-corrected chi connectivity index (χ2v) is 11.2. The molecule has 202 valence electrons. The molecular formula is C41H28N2. The quantitative estimate of drug-likeness (QED) is 0.204. The molecule has 8 rings (SSSR count). The minimum Gasteiger partial charge on any atom is -0.265 e. The van der Waals surface area contributed by atoms with Crippen LogP contribution in [0.3, 0.4) is 0 Å². The van der Waals surface area contributed by atoms with E-state index in [2.05, 4.69) is 133 Å². The van der Waals surface area contributed by atoms with Crippen LogP contribution in [0.4, 0.5) is 0 Å². The van der Waals surface area contributed by atoms with E-state index in [4.69, 9.17) is 4.98 Å². The Bertz CT molecular complexity index is 2230. The first-order valence-corrected chi connectivity index (χ1v) is 14.6. The third-order valence-electron chi connectivity index (χ3n) is 8.44. The number of aromatic nitrogens is 2. The number of hydrogen-bond donors (Lipinski definition) is 0. The SMILES string of the molecule is Cc1ccc2ccc(-c3c4ccccc4c(-c4cccc(-c5ccc(-c6ccncc6)cn5)c4)c4ccccc34)cc2c1. The summed E-state index contributed by atoms with van der Waals surface area (Å²) in [6, 6.07) is 48.3. The van der Waals surface area contributed by atoms with Gasteiger partial charge in [-0.2, -0.15) is 0 Å². The van der Waals surface area contributed by atoms with Gasteiger partial charge in [0.05, 0.1) is 5.69 Å². The lowest BCUT2D eigenvalue weighted by molar-refractivity contribution is 1.30. The van der Waals surface area contributed by atoms with Gasteiger partial charge in [0.1, 0.15) is 0 Å². The number of hydrogen-bond acceptors (Lipinski definition) is 2. The molecule has 2 heterocycles. The van der Waals surface area contributed by atoms with Crippen LogP contribution in [0.5, 0.6) is 0 Å². The van der Waals surface area contributed by atoms with Crippen molar-refractivity contribution in [1.82, 2.24) is 9.97 Å². The molecule has 0 unspecified atom stereocenters. The molecule has 0 spiro atoms. The van der Waals surface area contributed by atoms with E-state index in [1.807, 2.05) is 30.7 Å². The molecule has 8 aromatic rings. The summed E-state index contributed by atoms with van der Waals surface area (Å²) in [6.45, 7) is 2.16. The van der Waals surface area contributed by atoms with Crippen LogP contribution < -0.4 is 0 Å². The zero-order valence-corrected chi connectivity index (χ0v) is 23.8. The Morgan fingerprint density at radius 1 is 0.419 bits per heavy atom. The van der Waals surface area contributed by atoms with Crippen molar-refractivity contribution in [2.45, 2.75) is 6.92 Å². The lowest BCUT2D eigenvalue weighted by atomic mass is 9.85. The molecule has 0 aliphatic heterocycles. The van der Waals surface area contributed by atoms with Crippen LogP contribution in [0.25, 0.3) is 77.0 Å². The zero-order valence-electron chi connectivity index (χ0n) is 23.8.